The van der Waals surface area contributed by atoms with Crippen molar-refractivity contribution in [2.45, 2.75) is 44.4 Å². The van der Waals surface area contributed by atoms with Crippen LogP contribution < -0.4 is 14.2 Å². The number of ether oxygens (including phenoxy) is 7. The molecule has 1 N–H and O–H groups in total. The molecule has 8 nitrogen and oxygen atoms in total. The van der Waals surface area contributed by atoms with Gasteiger partial charge < -0.3 is 38.3 Å². The Kier molecular flexibility index (Phi) is 9.76. The smallest absolute Gasteiger partial charge is 0.184 e. The maximum Gasteiger partial charge on any atom is 0.184 e. The zero-order valence-electron chi connectivity index (χ0n) is 21.4. The normalized spacial score (nSPS) is 21.1. The summed E-state index contributed by atoms with van der Waals surface area (Å²) in [6.45, 7) is 1.24. The summed E-state index contributed by atoms with van der Waals surface area (Å²) in [6.07, 6.45) is -2.87. The van der Waals surface area contributed by atoms with Crippen molar-refractivity contribution >= 4 is 0 Å². The van der Waals surface area contributed by atoms with Crippen molar-refractivity contribution in [3.8, 4) is 17.2 Å². The zero-order valence-corrected chi connectivity index (χ0v) is 21.4. The monoisotopic (exact) mass is 510 g/mol. The summed E-state index contributed by atoms with van der Waals surface area (Å²) in [5, 5.41) is 10.7. The Balaban J connectivity index is 1.39. The number of benzene rings is 3. The highest BCUT2D eigenvalue weighted by Crippen LogP contribution is 2.28. The summed E-state index contributed by atoms with van der Waals surface area (Å²) in [7, 11) is 4.89. The molecular formula is C29H34O8. The van der Waals surface area contributed by atoms with Gasteiger partial charge in [0.15, 0.2) is 6.29 Å². The van der Waals surface area contributed by atoms with E-state index in [-0.39, 0.29) is 13.2 Å². The van der Waals surface area contributed by atoms with E-state index < -0.39 is 24.6 Å². The molecule has 0 saturated carbocycles. The summed E-state index contributed by atoms with van der Waals surface area (Å²) in [5.41, 5.74) is 2.91. The van der Waals surface area contributed by atoms with Crippen LogP contribution in [0.2, 0.25) is 0 Å². The molecule has 37 heavy (non-hydrogen) atoms. The van der Waals surface area contributed by atoms with Crippen LogP contribution >= 0.6 is 0 Å². The number of methoxy groups -OCH3 is 3. The van der Waals surface area contributed by atoms with E-state index in [0.717, 1.165) is 33.9 Å². The molecule has 0 aliphatic carbocycles. The molecule has 0 amide bonds. The fourth-order valence-corrected chi connectivity index (χ4v) is 4.06. The van der Waals surface area contributed by atoms with E-state index in [9.17, 15) is 5.11 Å². The quantitative estimate of drug-likeness (QED) is 0.368. The third-order valence-corrected chi connectivity index (χ3v) is 6.20. The molecular weight excluding hydrogens is 476 g/mol. The first-order chi connectivity index (χ1) is 18.1. The van der Waals surface area contributed by atoms with Crippen LogP contribution in [-0.4, -0.2) is 57.6 Å². The molecule has 8 heteroatoms. The zero-order chi connectivity index (χ0) is 26.0. The van der Waals surface area contributed by atoms with Crippen LogP contribution in [-0.2, 0) is 38.8 Å². The summed E-state index contributed by atoms with van der Waals surface area (Å²) in [6, 6.07) is 22.9. The van der Waals surface area contributed by atoms with Gasteiger partial charge in [0.25, 0.3) is 0 Å². The van der Waals surface area contributed by atoms with Gasteiger partial charge in [0, 0.05) is 0 Å². The van der Waals surface area contributed by atoms with Crippen molar-refractivity contribution in [1.29, 1.82) is 0 Å². The lowest BCUT2D eigenvalue weighted by Gasteiger charge is -2.24. The van der Waals surface area contributed by atoms with Gasteiger partial charge in [-0.2, -0.15) is 0 Å². The van der Waals surface area contributed by atoms with E-state index >= 15 is 0 Å². The minimum absolute atomic E-state index is 0.235. The van der Waals surface area contributed by atoms with Crippen LogP contribution in [0.4, 0.5) is 0 Å². The second-order valence-electron chi connectivity index (χ2n) is 8.68. The van der Waals surface area contributed by atoms with E-state index in [0.29, 0.717) is 13.2 Å². The van der Waals surface area contributed by atoms with Gasteiger partial charge in [0.05, 0.1) is 47.8 Å². The molecule has 0 unspecified atom stereocenters. The lowest BCUT2D eigenvalue weighted by atomic mass is 10.1. The average molecular weight is 511 g/mol. The van der Waals surface area contributed by atoms with E-state index in [1.165, 1.54) is 0 Å². The molecule has 198 valence electrons. The minimum atomic E-state index is -1.14. The van der Waals surface area contributed by atoms with E-state index in [2.05, 4.69) is 0 Å². The number of aliphatic hydroxyl groups excluding tert-OH is 1. The molecule has 1 aliphatic rings. The first kappa shape index (κ1) is 26.9. The van der Waals surface area contributed by atoms with Crippen LogP contribution in [0.3, 0.4) is 0 Å². The maximum atomic E-state index is 10.7. The molecule has 0 aromatic heterocycles. The summed E-state index contributed by atoms with van der Waals surface area (Å²) >= 11 is 0. The second kappa shape index (κ2) is 13.4. The van der Waals surface area contributed by atoms with Gasteiger partial charge in [-0.25, -0.2) is 0 Å². The summed E-state index contributed by atoms with van der Waals surface area (Å²) < 4.78 is 39.8. The topological polar surface area (TPSA) is 84.8 Å². The van der Waals surface area contributed by atoms with Crippen molar-refractivity contribution in [3.05, 3.63) is 89.5 Å². The summed E-state index contributed by atoms with van der Waals surface area (Å²) in [4.78, 5) is 0. The Morgan fingerprint density at radius 2 is 1.00 bits per heavy atom. The van der Waals surface area contributed by atoms with Gasteiger partial charge >= 0.3 is 0 Å². The molecule has 0 radical (unpaired) electrons. The van der Waals surface area contributed by atoms with Crippen LogP contribution in [0.25, 0.3) is 0 Å². The summed E-state index contributed by atoms with van der Waals surface area (Å²) in [5.74, 6) is 2.33. The molecule has 4 atom stereocenters. The number of hydrogen-bond acceptors (Lipinski definition) is 8. The van der Waals surface area contributed by atoms with Crippen molar-refractivity contribution in [2.24, 2.45) is 0 Å². The van der Waals surface area contributed by atoms with Crippen LogP contribution in [0, 0.1) is 0 Å². The predicted molar refractivity (Wildman–Crippen MR) is 137 cm³/mol. The standard InChI is InChI=1S/C29H34O8/c1-31-23-10-4-20(5-11-23)16-34-19-26-27(35-17-21-6-12-24(32-2)13-7-21)28(29(30)37-26)36-18-22-8-14-25(33-3)15-9-22/h4-15,26-30H,16-19H2,1-3H3/t26-,27+,28-,29+/m1/s1. The maximum absolute atomic E-state index is 10.7. The Morgan fingerprint density at radius 3 is 1.43 bits per heavy atom. The molecule has 1 saturated heterocycles. The van der Waals surface area contributed by atoms with E-state index in [1.807, 2.05) is 72.8 Å². The van der Waals surface area contributed by atoms with Gasteiger partial charge in [-0.05, 0) is 53.1 Å². The van der Waals surface area contributed by atoms with Gasteiger partial charge in [0.1, 0.15) is 35.6 Å². The Labute approximate surface area is 217 Å². The minimum Gasteiger partial charge on any atom is -0.497 e. The van der Waals surface area contributed by atoms with Gasteiger partial charge in [-0.15, -0.1) is 0 Å². The highest BCUT2D eigenvalue weighted by atomic mass is 16.7. The number of aliphatic hydroxyl groups is 1. The van der Waals surface area contributed by atoms with Crippen molar-refractivity contribution in [1.82, 2.24) is 0 Å². The van der Waals surface area contributed by atoms with Gasteiger partial charge in [0.2, 0.25) is 0 Å². The SMILES string of the molecule is COc1ccc(COC[C@H]2O[C@H](O)[C@H](OCc3ccc(OC)cc3)[C@H]2OCc2ccc(OC)cc2)cc1. The Hall–Kier alpha value is -3.14. The number of rotatable bonds is 13. The lowest BCUT2D eigenvalue weighted by molar-refractivity contribution is -0.153. The second-order valence-corrected chi connectivity index (χ2v) is 8.68. The molecule has 0 bridgehead atoms. The highest BCUT2D eigenvalue weighted by Gasteiger charge is 2.45. The fraction of sp³-hybridized carbons (Fsp3) is 0.379. The number of hydrogen-bond donors (Lipinski definition) is 1. The molecule has 1 aliphatic heterocycles. The fourth-order valence-electron chi connectivity index (χ4n) is 4.06. The van der Waals surface area contributed by atoms with Gasteiger partial charge in [-0.3, -0.25) is 0 Å². The van der Waals surface area contributed by atoms with Crippen LogP contribution in [0.15, 0.2) is 72.8 Å². The van der Waals surface area contributed by atoms with Crippen molar-refractivity contribution in [2.75, 3.05) is 27.9 Å². The molecule has 1 heterocycles. The molecule has 0 spiro atoms. The van der Waals surface area contributed by atoms with Crippen LogP contribution in [0.1, 0.15) is 16.7 Å². The molecule has 3 aromatic carbocycles. The van der Waals surface area contributed by atoms with Crippen molar-refractivity contribution < 1.29 is 38.3 Å². The average Bonchev–Trinajstić information content (AvgIpc) is 3.25. The first-order valence-corrected chi connectivity index (χ1v) is 12.1. The molecule has 1 fully saturated rings. The van der Waals surface area contributed by atoms with E-state index in [4.69, 9.17) is 33.2 Å². The lowest BCUT2D eigenvalue weighted by Crippen LogP contribution is -2.39. The third-order valence-electron chi connectivity index (χ3n) is 6.20. The van der Waals surface area contributed by atoms with E-state index in [1.54, 1.807) is 21.3 Å². The largest absolute Gasteiger partial charge is 0.497 e. The Morgan fingerprint density at radius 1 is 0.595 bits per heavy atom. The first-order valence-electron chi connectivity index (χ1n) is 12.1. The van der Waals surface area contributed by atoms with Crippen molar-refractivity contribution in [3.63, 3.8) is 0 Å². The van der Waals surface area contributed by atoms with Crippen LogP contribution in [0.5, 0.6) is 17.2 Å². The highest BCUT2D eigenvalue weighted by molar-refractivity contribution is 5.28. The Bertz CT molecular complexity index is 1070. The molecule has 4 rings (SSSR count). The predicted octanol–water partition coefficient (Wildman–Crippen LogP) is 4.12. The molecule has 3 aromatic rings. The third kappa shape index (κ3) is 7.44. The van der Waals surface area contributed by atoms with Gasteiger partial charge in [-0.1, -0.05) is 36.4 Å².